The molecule has 1 saturated carbocycles. The van der Waals surface area contributed by atoms with Gasteiger partial charge in [0.2, 0.25) is 0 Å². The van der Waals surface area contributed by atoms with Crippen molar-refractivity contribution in [2.75, 3.05) is 32.4 Å². The smallest absolute Gasteiger partial charge is 0.260 e. The van der Waals surface area contributed by atoms with Crippen LogP contribution >= 0.6 is 0 Å². The molecule has 9 heteroatoms. The average molecular weight is 374 g/mol. The molecule has 0 bridgehead atoms. The van der Waals surface area contributed by atoms with Crippen LogP contribution in [-0.2, 0) is 19.9 Å². The van der Waals surface area contributed by atoms with Gasteiger partial charge in [-0.2, -0.15) is 4.31 Å². The van der Waals surface area contributed by atoms with Gasteiger partial charge in [-0.1, -0.05) is 6.07 Å². The van der Waals surface area contributed by atoms with Gasteiger partial charge in [0.1, 0.15) is 9.84 Å². The van der Waals surface area contributed by atoms with Crippen LogP contribution in [0.5, 0.6) is 0 Å². The Labute approximate surface area is 143 Å². The van der Waals surface area contributed by atoms with Crippen molar-refractivity contribution in [2.45, 2.75) is 36.1 Å². The molecule has 2 heterocycles. The Morgan fingerprint density at radius 3 is 2.25 bits per heavy atom. The summed E-state index contributed by atoms with van der Waals surface area (Å²) in [6.45, 7) is 3.84. The number of nitrogens with zero attached hydrogens (tertiary/aromatic N) is 3. The Bertz CT molecular complexity index is 809. The first-order chi connectivity index (χ1) is 11.2. The van der Waals surface area contributed by atoms with Crippen LogP contribution in [0.1, 0.15) is 18.4 Å². The Morgan fingerprint density at radius 2 is 1.71 bits per heavy atom. The van der Waals surface area contributed by atoms with Crippen molar-refractivity contribution in [1.82, 2.24) is 14.2 Å². The molecule has 1 aromatic heterocycles. The topological polar surface area (TPSA) is 87.7 Å². The number of sulfonamides is 1. The fraction of sp³-hybridized carbons (Fsp3) is 0.667. The third-order valence-corrected chi connectivity index (χ3v) is 8.57. The molecular weight excluding hydrogens is 350 g/mol. The van der Waals surface area contributed by atoms with Crippen LogP contribution in [0.2, 0.25) is 0 Å². The highest BCUT2D eigenvalue weighted by Crippen LogP contribution is 2.32. The zero-order valence-corrected chi connectivity index (χ0v) is 15.6. The molecular formula is C15H23N3O4S2. The van der Waals surface area contributed by atoms with Crippen LogP contribution < -0.4 is 0 Å². The average Bonchev–Trinajstić information content (AvgIpc) is 2.45. The molecule has 1 saturated heterocycles. The van der Waals surface area contributed by atoms with Crippen molar-refractivity contribution in [3.63, 3.8) is 0 Å². The van der Waals surface area contributed by atoms with E-state index in [9.17, 15) is 16.8 Å². The molecule has 2 fully saturated rings. The van der Waals surface area contributed by atoms with Crippen LogP contribution in [-0.4, -0.2) is 74.8 Å². The molecule has 7 nitrogen and oxygen atoms in total. The quantitative estimate of drug-likeness (QED) is 0.753. The number of aryl methyl sites for hydroxylation is 1. The van der Waals surface area contributed by atoms with E-state index in [2.05, 4.69) is 9.88 Å². The lowest BCUT2D eigenvalue weighted by Crippen LogP contribution is -2.57. The van der Waals surface area contributed by atoms with Crippen molar-refractivity contribution in [1.29, 1.82) is 0 Å². The minimum absolute atomic E-state index is 0.124. The molecule has 1 aliphatic heterocycles. The summed E-state index contributed by atoms with van der Waals surface area (Å²) in [5, 5.41) is -0.111. The molecule has 1 aliphatic carbocycles. The van der Waals surface area contributed by atoms with Crippen molar-refractivity contribution in [3.05, 3.63) is 23.9 Å². The van der Waals surface area contributed by atoms with Crippen molar-refractivity contribution in [2.24, 2.45) is 0 Å². The molecule has 0 N–H and O–H groups in total. The van der Waals surface area contributed by atoms with Gasteiger partial charge >= 0.3 is 0 Å². The van der Waals surface area contributed by atoms with E-state index in [1.54, 1.807) is 19.1 Å². The third kappa shape index (κ3) is 3.35. The molecule has 0 spiro atoms. The second-order valence-electron chi connectivity index (χ2n) is 6.64. The maximum atomic E-state index is 12.7. The molecule has 134 valence electrons. The third-order valence-electron chi connectivity index (χ3n) is 5.01. The van der Waals surface area contributed by atoms with E-state index >= 15 is 0 Å². The number of hydrogen-bond acceptors (Lipinski definition) is 6. The van der Waals surface area contributed by atoms with E-state index < -0.39 is 19.9 Å². The van der Waals surface area contributed by atoms with Gasteiger partial charge in [-0.3, -0.25) is 4.90 Å². The Hall–Kier alpha value is -1.03. The first kappa shape index (κ1) is 17.8. The molecule has 0 radical (unpaired) electrons. The van der Waals surface area contributed by atoms with Gasteiger partial charge in [-0.15, -0.1) is 0 Å². The lowest BCUT2D eigenvalue weighted by atomic mass is 9.90. The summed E-state index contributed by atoms with van der Waals surface area (Å²) < 4.78 is 49.9. The lowest BCUT2D eigenvalue weighted by molar-refractivity contribution is 0.0908. The Balaban J connectivity index is 1.61. The lowest BCUT2D eigenvalue weighted by Gasteiger charge is -2.45. The summed E-state index contributed by atoms with van der Waals surface area (Å²) in [5.74, 6) is 0. The van der Waals surface area contributed by atoms with Crippen LogP contribution in [0.25, 0.3) is 0 Å². The standard InChI is InChI=1S/C15H23N3O4S2/c1-12-4-3-5-16-15(12)24(21,22)18-8-6-17(7-9-18)13-10-14(11-13)23(2,19)20/h3-5,13-14H,6-11H2,1-2H3. The molecule has 2 aliphatic rings. The number of pyridine rings is 1. The van der Waals surface area contributed by atoms with Gasteiger partial charge in [0, 0.05) is 44.7 Å². The summed E-state index contributed by atoms with van der Waals surface area (Å²) in [6, 6.07) is 3.72. The van der Waals surface area contributed by atoms with Gasteiger partial charge in [-0.25, -0.2) is 21.8 Å². The van der Waals surface area contributed by atoms with E-state index in [0.29, 0.717) is 44.6 Å². The van der Waals surface area contributed by atoms with E-state index in [1.165, 1.54) is 16.8 Å². The summed E-state index contributed by atoms with van der Waals surface area (Å²) >= 11 is 0. The normalized spacial score (nSPS) is 26.9. The number of sulfone groups is 1. The minimum atomic E-state index is -3.56. The molecule has 3 rings (SSSR count). The van der Waals surface area contributed by atoms with Gasteiger partial charge in [0.25, 0.3) is 10.0 Å². The van der Waals surface area contributed by atoms with Gasteiger partial charge in [-0.05, 0) is 31.4 Å². The highest BCUT2D eigenvalue weighted by atomic mass is 32.2. The Morgan fingerprint density at radius 1 is 1.08 bits per heavy atom. The summed E-state index contributed by atoms with van der Waals surface area (Å²) in [5.41, 5.74) is 0.648. The number of hydrogen-bond donors (Lipinski definition) is 0. The maximum absolute atomic E-state index is 12.7. The largest absolute Gasteiger partial charge is 0.298 e. The predicted molar refractivity (Wildman–Crippen MR) is 91.0 cm³/mol. The molecule has 0 amide bonds. The van der Waals surface area contributed by atoms with E-state index in [0.717, 1.165) is 0 Å². The molecule has 0 aromatic carbocycles. The van der Waals surface area contributed by atoms with Crippen LogP contribution in [0.4, 0.5) is 0 Å². The van der Waals surface area contributed by atoms with Gasteiger partial charge in [0.05, 0.1) is 5.25 Å². The predicted octanol–water partition coefficient (Wildman–Crippen LogP) is 0.272. The minimum Gasteiger partial charge on any atom is -0.298 e. The van der Waals surface area contributed by atoms with Crippen molar-refractivity contribution < 1.29 is 16.8 Å². The second kappa shape index (κ2) is 6.36. The first-order valence-electron chi connectivity index (χ1n) is 8.04. The zero-order valence-electron chi connectivity index (χ0n) is 13.9. The second-order valence-corrected chi connectivity index (χ2v) is 10.8. The zero-order chi connectivity index (χ0) is 17.5. The van der Waals surface area contributed by atoms with Gasteiger partial charge < -0.3 is 0 Å². The van der Waals surface area contributed by atoms with Crippen LogP contribution in [0.15, 0.2) is 23.4 Å². The summed E-state index contributed by atoms with van der Waals surface area (Å²) in [7, 11) is -6.52. The molecule has 0 atom stereocenters. The number of aromatic nitrogens is 1. The van der Waals surface area contributed by atoms with Crippen molar-refractivity contribution >= 4 is 19.9 Å². The van der Waals surface area contributed by atoms with Gasteiger partial charge in [0.15, 0.2) is 5.03 Å². The van der Waals surface area contributed by atoms with E-state index in [4.69, 9.17) is 0 Å². The molecule has 24 heavy (non-hydrogen) atoms. The SMILES string of the molecule is Cc1cccnc1S(=O)(=O)N1CCN(C2CC(S(C)(=O)=O)C2)CC1. The fourth-order valence-corrected chi connectivity index (χ4v) is 6.06. The van der Waals surface area contributed by atoms with Crippen molar-refractivity contribution in [3.8, 4) is 0 Å². The summed E-state index contributed by atoms with van der Waals surface area (Å²) in [6.07, 6.45) is 4.10. The van der Waals surface area contributed by atoms with E-state index in [1.807, 2.05) is 0 Å². The van der Waals surface area contributed by atoms with E-state index in [-0.39, 0.29) is 16.3 Å². The first-order valence-corrected chi connectivity index (χ1v) is 11.4. The summed E-state index contributed by atoms with van der Waals surface area (Å²) in [4.78, 5) is 6.24. The maximum Gasteiger partial charge on any atom is 0.260 e. The fourth-order valence-electron chi connectivity index (χ4n) is 3.36. The van der Waals surface area contributed by atoms with Crippen LogP contribution in [0.3, 0.4) is 0 Å². The molecule has 0 unspecified atom stereocenters. The number of rotatable bonds is 4. The highest BCUT2D eigenvalue weighted by molar-refractivity contribution is 7.91. The highest BCUT2D eigenvalue weighted by Gasteiger charge is 2.41. The molecule has 1 aromatic rings. The monoisotopic (exact) mass is 373 g/mol. The van der Waals surface area contributed by atoms with Crippen LogP contribution in [0, 0.1) is 6.92 Å². The number of piperazine rings is 1. The Kier molecular flexibility index (Phi) is 4.71.